The number of aliphatic hydroxyl groups excluding tert-OH is 1. The SMILES string of the molecule is CC(C)CN(C[C@@H](O)[C@H](Cc1ccccc1)NC(=O)[C@@H](N)C(C)(C)C)S(=O)(=O)c1ccc(C=NO)cc1. The summed E-state index contributed by atoms with van der Waals surface area (Å²) in [4.78, 5) is 13.0. The Balaban J connectivity index is 2.35. The number of benzene rings is 2. The lowest BCUT2D eigenvalue weighted by molar-refractivity contribution is -0.126. The predicted octanol–water partition coefficient (Wildman–Crippen LogP) is 2.60. The van der Waals surface area contributed by atoms with Crippen molar-refractivity contribution < 1.29 is 23.5 Å². The van der Waals surface area contributed by atoms with Gasteiger partial charge in [-0.15, -0.1) is 0 Å². The van der Waals surface area contributed by atoms with E-state index in [0.29, 0.717) is 12.0 Å². The Kier molecular flexibility index (Phi) is 10.8. The van der Waals surface area contributed by atoms with Gasteiger partial charge in [0, 0.05) is 13.1 Å². The van der Waals surface area contributed by atoms with Gasteiger partial charge in [0.15, 0.2) is 0 Å². The van der Waals surface area contributed by atoms with Crippen molar-refractivity contribution in [3.63, 3.8) is 0 Å². The molecule has 2 aromatic rings. The zero-order valence-electron chi connectivity index (χ0n) is 22.2. The van der Waals surface area contributed by atoms with E-state index in [1.54, 1.807) is 0 Å². The summed E-state index contributed by atoms with van der Waals surface area (Å²) < 4.78 is 28.3. The molecule has 37 heavy (non-hydrogen) atoms. The molecule has 2 rings (SSSR count). The van der Waals surface area contributed by atoms with Crippen molar-refractivity contribution in [2.75, 3.05) is 13.1 Å². The molecule has 0 bridgehead atoms. The molecule has 0 saturated heterocycles. The first-order valence-corrected chi connectivity index (χ1v) is 13.7. The summed E-state index contributed by atoms with van der Waals surface area (Å²) in [7, 11) is -3.97. The third-order valence-corrected chi connectivity index (χ3v) is 7.84. The molecule has 0 aliphatic rings. The lowest BCUT2D eigenvalue weighted by atomic mass is 9.86. The summed E-state index contributed by atoms with van der Waals surface area (Å²) in [5.74, 6) is -0.425. The molecule has 0 aliphatic carbocycles. The predicted molar refractivity (Wildman–Crippen MR) is 145 cm³/mol. The van der Waals surface area contributed by atoms with Gasteiger partial charge in [-0.1, -0.05) is 82.2 Å². The van der Waals surface area contributed by atoms with Crippen molar-refractivity contribution >= 4 is 22.1 Å². The van der Waals surface area contributed by atoms with E-state index in [9.17, 15) is 18.3 Å². The Hall–Kier alpha value is -2.79. The van der Waals surface area contributed by atoms with Crippen molar-refractivity contribution in [1.29, 1.82) is 0 Å². The Bertz CT molecular complexity index is 1130. The molecule has 5 N–H and O–H groups in total. The van der Waals surface area contributed by atoms with Crippen LogP contribution in [0.2, 0.25) is 0 Å². The summed E-state index contributed by atoms with van der Waals surface area (Å²) in [6.07, 6.45) is 0.297. The quantitative estimate of drug-likeness (QED) is 0.188. The smallest absolute Gasteiger partial charge is 0.243 e. The Morgan fingerprint density at radius 1 is 1.08 bits per heavy atom. The highest BCUT2D eigenvalue weighted by Gasteiger charge is 2.34. The molecule has 9 nitrogen and oxygen atoms in total. The fraction of sp³-hybridized carbons (Fsp3) is 0.481. The summed E-state index contributed by atoms with van der Waals surface area (Å²) in [5.41, 5.74) is 7.09. The maximum Gasteiger partial charge on any atom is 0.243 e. The lowest BCUT2D eigenvalue weighted by Gasteiger charge is -2.33. The molecular weight excluding hydrogens is 492 g/mol. The van der Waals surface area contributed by atoms with Crippen LogP contribution in [-0.2, 0) is 21.2 Å². The standard InChI is InChI=1S/C27H40N4O5S/c1-19(2)17-31(37(35,36)22-13-11-21(12-14-22)16-29-34)18-24(32)23(15-20-9-7-6-8-10-20)30-26(33)25(28)27(3,4)5/h6-14,16,19,23-25,32,34H,15,17-18,28H2,1-5H3,(H,30,33)/t23-,24+,25+/m0/s1. The third-order valence-electron chi connectivity index (χ3n) is 5.99. The summed E-state index contributed by atoms with van der Waals surface area (Å²) in [6, 6.07) is 13.7. The molecule has 0 radical (unpaired) electrons. The van der Waals surface area contributed by atoms with Gasteiger partial charge in [-0.3, -0.25) is 4.79 Å². The van der Waals surface area contributed by atoms with Gasteiger partial charge in [0.1, 0.15) is 0 Å². The average molecular weight is 533 g/mol. The van der Waals surface area contributed by atoms with Gasteiger partial charge in [-0.25, -0.2) is 8.42 Å². The van der Waals surface area contributed by atoms with E-state index in [-0.39, 0.29) is 23.9 Å². The lowest BCUT2D eigenvalue weighted by Crippen LogP contribution is -2.56. The van der Waals surface area contributed by atoms with Crippen molar-refractivity contribution in [2.24, 2.45) is 22.2 Å². The van der Waals surface area contributed by atoms with E-state index < -0.39 is 39.5 Å². The molecule has 0 spiro atoms. The van der Waals surface area contributed by atoms with Gasteiger partial charge in [-0.05, 0) is 41.0 Å². The highest BCUT2D eigenvalue weighted by atomic mass is 32.2. The minimum Gasteiger partial charge on any atom is -0.411 e. The zero-order valence-corrected chi connectivity index (χ0v) is 23.0. The molecule has 2 aromatic carbocycles. The highest BCUT2D eigenvalue weighted by Crippen LogP contribution is 2.21. The molecule has 0 heterocycles. The van der Waals surface area contributed by atoms with Crippen LogP contribution in [0.4, 0.5) is 0 Å². The van der Waals surface area contributed by atoms with Gasteiger partial charge in [0.05, 0.1) is 29.3 Å². The molecule has 0 saturated carbocycles. The average Bonchev–Trinajstić information content (AvgIpc) is 2.83. The van der Waals surface area contributed by atoms with E-state index in [2.05, 4.69) is 10.5 Å². The van der Waals surface area contributed by atoms with E-state index >= 15 is 0 Å². The number of oxime groups is 1. The van der Waals surface area contributed by atoms with Crippen LogP contribution in [0.1, 0.15) is 45.7 Å². The van der Waals surface area contributed by atoms with Crippen LogP contribution in [0.3, 0.4) is 0 Å². The van der Waals surface area contributed by atoms with Gasteiger partial charge in [-0.2, -0.15) is 4.31 Å². The fourth-order valence-corrected chi connectivity index (χ4v) is 5.39. The second kappa shape index (κ2) is 13.1. The summed E-state index contributed by atoms with van der Waals surface area (Å²) in [5, 5.41) is 25.8. The fourth-order valence-electron chi connectivity index (χ4n) is 3.77. The molecule has 204 valence electrons. The number of nitrogens with zero attached hydrogens (tertiary/aromatic N) is 2. The second-order valence-electron chi connectivity index (χ2n) is 10.7. The van der Waals surface area contributed by atoms with Crippen LogP contribution in [-0.4, -0.2) is 66.4 Å². The number of aliphatic hydroxyl groups is 1. The second-order valence-corrected chi connectivity index (χ2v) is 12.7. The number of carbonyl (C=O) groups excluding carboxylic acids is 1. The van der Waals surface area contributed by atoms with E-state index in [4.69, 9.17) is 10.9 Å². The van der Waals surface area contributed by atoms with Gasteiger partial charge < -0.3 is 21.4 Å². The third kappa shape index (κ3) is 8.92. The van der Waals surface area contributed by atoms with Crippen LogP contribution >= 0.6 is 0 Å². The number of amides is 1. The first-order valence-electron chi connectivity index (χ1n) is 12.3. The molecule has 0 aromatic heterocycles. The van der Waals surface area contributed by atoms with E-state index in [1.165, 1.54) is 34.8 Å². The van der Waals surface area contributed by atoms with Crippen LogP contribution in [0.5, 0.6) is 0 Å². The Labute approximate surface area is 220 Å². The number of rotatable bonds is 12. The largest absolute Gasteiger partial charge is 0.411 e. The van der Waals surface area contributed by atoms with Crippen molar-refractivity contribution in [3.8, 4) is 0 Å². The molecule has 0 unspecified atom stereocenters. The Morgan fingerprint density at radius 2 is 1.68 bits per heavy atom. The maximum absolute atomic E-state index is 13.5. The number of carbonyl (C=O) groups is 1. The van der Waals surface area contributed by atoms with Crippen LogP contribution in [0, 0.1) is 11.3 Å². The topological polar surface area (TPSA) is 145 Å². The minimum atomic E-state index is -3.97. The molecule has 1 amide bonds. The monoisotopic (exact) mass is 532 g/mol. The number of nitrogens with one attached hydrogen (secondary N) is 1. The molecule has 0 aliphatic heterocycles. The Morgan fingerprint density at radius 3 is 2.19 bits per heavy atom. The highest BCUT2D eigenvalue weighted by molar-refractivity contribution is 7.89. The first-order chi connectivity index (χ1) is 17.3. The van der Waals surface area contributed by atoms with Gasteiger partial charge >= 0.3 is 0 Å². The normalized spacial score (nSPS) is 15.2. The van der Waals surface area contributed by atoms with Crippen LogP contribution in [0.15, 0.2) is 64.6 Å². The van der Waals surface area contributed by atoms with Gasteiger partial charge in [0.25, 0.3) is 0 Å². The number of hydrogen-bond donors (Lipinski definition) is 4. The number of nitrogens with two attached hydrogens (primary N) is 1. The molecule has 3 atom stereocenters. The number of hydrogen-bond acceptors (Lipinski definition) is 7. The minimum absolute atomic E-state index is 0.0146. The van der Waals surface area contributed by atoms with Crippen molar-refractivity contribution in [1.82, 2.24) is 9.62 Å². The molecular formula is C27H40N4O5S. The summed E-state index contributed by atoms with van der Waals surface area (Å²) >= 11 is 0. The number of sulfonamides is 1. The maximum atomic E-state index is 13.5. The van der Waals surface area contributed by atoms with Gasteiger partial charge in [0.2, 0.25) is 15.9 Å². The van der Waals surface area contributed by atoms with Crippen molar-refractivity contribution in [2.45, 2.75) is 64.1 Å². The van der Waals surface area contributed by atoms with Crippen molar-refractivity contribution in [3.05, 3.63) is 65.7 Å². The van der Waals surface area contributed by atoms with Crippen LogP contribution in [0.25, 0.3) is 0 Å². The molecule has 10 heteroatoms. The first kappa shape index (κ1) is 30.4. The van der Waals surface area contributed by atoms with Crippen LogP contribution < -0.4 is 11.1 Å². The zero-order chi connectivity index (χ0) is 27.8. The van der Waals surface area contributed by atoms with E-state index in [0.717, 1.165) is 5.56 Å². The van der Waals surface area contributed by atoms with E-state index in [1.807, 2.05) is 65.0 Å². The molecule has 0 fully saturated rings. The summed E-state index contributed by atoms with van der Waals surface area (Å²) in [6.45, 7) is 9.30.